The third kappa shape index (κ3) is 73.4. The number of hydrogen-bond donors (Lipinski definition) is 0. The van der Waals surface area contributed by atoms with Crippen molar-refractivity contribution in [1.29, 1.82) is 0 Å². The van der Waals surface area contributed by atoms with Crippen LogP contribution in [0.3, 0.4) is 0 Å². The molecule has 2 atom stereocenters. The molecular formula is C90H194N7O14+7. The first-order chi connectivity index (χ1) is 52.3. The van der Waals surface area contributed by atoms with Crippen molar-refractivity contribution in [2.24, 2.45) is 11.8 Å². The fraction of sp³-hybridized carbons (Fsp3) is 0.922. The molecule has 0 rings (SSSR count). The van der Waals surface area contributed by atoms with Crippen molar-refractivity contribution in [3.05, 3.63) is 0 Å². The lowest BCUT2D eigenvalue weighted by atomic mass is 10.2. The number of carbonyl (C=O) groups is 7. The molecule has 0 fully saturated rings. The van der Waals surface area contributed by atoms with Crippen LogP contribution < -0.4 is 0 Å². The SMILES string of the molecule is CC(C)C(=O)OCC[N+](C)(C)C.CCCCC(=O)OCC[N+](C)(C)C.CCCCC(=O)OCC[N+](CC)(CC)CC.CCCCC(=O)OCC[N+](CC)(CCC)CCC.CCCCC(=O)OCC[N+](CC)(CCC)CCCC.CCCC[N+](CC)(CCC)CCOC(=O)CCC.CC[N+](CC)(CC)CCOC(=O)C(C)C. The van der Waals surface area contributed by atoms with Crippen molar-refractivity contribution in [3.8, 4) is 0 Å². The molecule has 0 saturated carbocycles. The highest BCUT2D eigenvalue weighted by Crippen LogP contribution is 2.15. The maximum absolute atomic E-state index is 11.5. The van der Waals surface area contributed by atoms with E-state index in [9.17, 15) is 33.6 Å². The van der Waals surface area contributed by atoms with E-state index in [4.69, 9.17) is 33.2 Å². The van der Waals surface area contributed by atoms with E-state index < -0.39 is 0 Å². The van der Waals surface area contributed by atoms with E-state index in [1.165, 1.54) is 90.6 Å². The summed E-state index contributed by atoms with van der Waals surface area (Å²) in [7, 11) is 12.5. The average molecular weight is 1600 g/mol. The highest BCUT2D eigenvalue weighted by Gasteiger charge is 2.28. The van der Waals surface area contributed by atoms with Crippen LogP contribution in [-0.4, -0.2) is 306 Å². The number of esters is 7. The van der Waals surface area contributed by atoms with Crippen molar-refractivity contribution in [1.82, 2.24) is 0 Å². The Morgan fingerprint density at radius 2 is 0.396 bits per heavy atom. The Balaban J connectivity index is -0.000000228. The van der Waals surface area contributed by atoms with E-state index >= 15 is 0 Å². The van der Waals surface area contributed by atoms with Gasteiger partial charge in [0.05, 0.1) is 152 Å². The summed E-state index contributed by atoms with van der Waals surface area (Å²) in [6, 6.07) is 0. The Bertz CT molecular complexity index is 2140. The first-order valence-corrected chi connectivity index (χ1v) is 45.3. The molecule has 0 aliphatic carbocycles. The van der Waals surface area contributed by atoms with Crippen LogP contribution in [0.15, 0.2) is 0 Å². The van der Waals surface area contributed by atoms with Crippen LogP contribution in [0.4, 0.5) is 0 Å². The zero-order valence-corrected chi connectivity index (χ0v) is 79.6. The van der Waals surface area contributed by atoms with E-state index in [-0.39, 0.29) is 53.6 Å². The third-order valence-electron chi connectivity index (χ3n) is 21.3. The smallest absolute Gasteiger partial charge is 0.308 e. The molecule has 0 aromatic heterocycles. The molecule has 0 aromatic rings. The highest BCUT2D eigenvalue weighted by atomic mass is 16.6. The van der Waals surface area contributed by atoms with Gasteiger partial charge in [-0.3, -0.25) is 33.6 Å². The summed E-state index contributed by atoms with van der Waals surface area (Å²) in [4.78, 5) is 79.0. The molecule has 0 radical (unpaired) electrons. The van der Waals surface area contributed by atoms with Gasteiger partial charge in [-0.2, -0.15) is 0 Å². The molecule has 0 aliphatic heterocycles. The minimum Gasteiger partial charge on any atom is -0.460 e. The number of hydrogen-bond acceptors (Lipinski definition) is 14. The normalized spacial score (nSPS) is 12.5. The van der Waals surface area contributed by atoms with Crippen molar-refractivity contribution in [3.63, 3.8) is 0 Å². The van der Waals surface area contributed by atoms with Gasteiger partial charge in [-0.25, -0.2) is 0 Å². The summed E-state index contributed by atoms with van der Waals surface area (Å²) in [5.41, 5.74) is 0. The third-order valence-corrected chi connectivity index (χ3v) is 21.3. The van der Waals surface area contributed by atoms with Crippen molar-refractivity contribution in [2.45, 2.75) is 307 Å². The number of rotatable bonds is 60. The van der Waals surface area contributed by atoms with Crippen molar-refractivity contribution in [2.75, 3.05) is 233 Å². The molecule has 21 nitrogen and oxygen atoms in total. The first kappa shape index (κ1) is 120. The predicted molar refractivity (Wildman–Crippen MR) is 466 cm³/mol. The Hall–Kier alpha value is -3.99. The van der Waals surface area contributed by atoms with E-state index in [1.807, 2.05) is 34.6 Å². The number of unbranched alkanes of at least 4 members (excludes halogenated alkanes) is 6. The molecule has 0 aliphatic rings. The largest absolute Gasteiger partial charge is 0.460 e. The molecule has 0 saturated heterocycles. The van der Waals surface area contributed by atoms with Crippen LogP contribution >= 0.6 is 0 Å². The maximum Gasteiger partial charge on any atom is 0.308 e. The van der Waals surface area contributed by atoms with E-state index in [2.05, 4.69) is 174 Å². The van der Waals surface area contributed by atoms with Crippen LogP contribution in [0.1, 0.15) is 307 Å². The van der Waals surface area contributed by atoms with Crippen LogP contribution in [0.2, 0.25) is 0 Å². The minimum atomic E-state index is -0.108. The van der Waals surface area contributed by atoms with Gasteiger partial charge in [-0.1, -0.05) is 142 Å². The molecule has 111 heavy (non-hydrogen) atoms. The van der Waals surface area contributed by atoms with Crippen LogP contribution in [0.25, 0.3) is 0 Å². The van der Waals surface area contributed by atoms with Gasteiger partial charge >= 0.3 is 41.8 Å². The Kier molecular flexibility index (Phi) is 83.7. The van der Waals surface area contributed by atoms with Gasteiger partial charge in [-0.15, -0.1) is 0 Å². The quantitative estimate of drug-likeness (QED) is 0.0318. The summed E-state index contributed by atoms with van der Waals surface area (Å²) in [5.74, 6) is -0.423. The second kappa shape index (κ2) is 77.3. The minimum absolute atomic E-state index is 0.0162. The zero-order chi connectivity index (χ0) is 86.7. The van der Waals surface area contributed by atoms with Crippen LogP contribution in [0.5, 0.6) is 0 Å². The summed E-state index contributed by atoms with van der Waals surface area (Å²) in [6.45, 7) is 78.8. The number of quaternary nitrogens is 7. The monoisotopic (exact) mass is 1600 g/mol. The number of carbonyl (C=O) groups excluding carboxylic acids is 7. The maximum atomic E-state index is 11.5. The molecule has 2 unspecified atom stereocenters. The molecular weight excluding hydrogens is 1400 g/mol. The first-order valence-electron chi connectivity index (χ1n) is 45.3. The molecule has 21 heteroatoms. The van der Waals surface area contributed by atoms with Gasteiger partial charge in [0.1, 0.15) is 92.1 Å². The summed E-state index contributed by atoms with van der Waals surface area (Å²) in [6.07, 6.45) is 21.4. The lowest BCUT2D eigenvalue weighted by Gasteiger charge is -2.37. The zero-order valence-electron chi connectivity index (χ0n) is 79.6. The second-order valence-electron chi connectivity index (χ2n) is 33.2. The molecule has 666 valence electrons. The highest BCUT2D eigenvalue weighted by molar-refractivity contribution is 5.72. The Morgan fingerprint density at radius 3 is 0.586 bits per heavy atom. The summed E-state index contributed by atoms with van der Waals surface area (Å²) >= 11 is 0. The van der Waals surface area contributed by atoms with Gasteiger partial charge < -0.3 is 64.5 Å². The summed E-state index contributed by atoms with van der Waals surface area (Å²) < 4.78 is 43.6. The van der Waals surface area contributed by atoms with Gasteiger partial charge in [0.15, 0.2) is 0 Å². The van der Waals surface area contributed by atoms with Gasteiger partial charge in [0, 0.05) is 32.1 Å². The van der Waals surface area contributed by atoms with E-state index in [0.717, 1.165) is 194 Å². The molecule has 0 N–H and O–H groups in total. The Labute approximate surface area is 688 Å². The topological polar surface area (TPSA) is 184 Å². The van der Waals surface area contributed by atoms with Gasteiger partial charge in [-0.05, 0) is 133 Å². The number of ether oxygens (including phenoxy) is 7. The van der Waals surface area contributed by atoms with Crippen molar-refractivity contribution < 1.29 is 98.1 Å². The Morgan fingerprint density at radius 1 is 0.207 bits per heavy atom. The van der Waals surface area contributed by atoms with E-state index in [1.54, 1.807) is 0 Å². The predicted octanol–water partition coefficient (Wildman–Crippen LogP) is 17.5. The average Bonchev–Trinajstić information content (AvgIpc) is 0.903. The standard InChI is InChI=1S/C16H34NO2.2C15H32NO2.C13H28NO2.C12H26NO2.C10H22NO2.C9H20NO2/c1-5-9-11-16(18)19-15-14-17(8-4,12-7-3)13-10-6-2;1-5-9-10-15(17)18-14-13-16(8-4,11-6-2)12-7-3;1-5-9-12-16(8-4,11-7-3)13-14-18-15(17)10-6-2;1-5-9-10-13(15)16-12-11-14(6-2,7-3)8-4;1-6-13(7-2,8-3)9-10-15-12(14)11(4)5;1-5-6-7-10(12)13-9-8-11(2,3)4;1-8(2)9(11)12-7-6-10(3,4)5/h5-15H2,1-4H3;2*5-14H2,1-4H3;5-12H2,1-4H3;11H,6-10H2,1-5H3;5-9H2,1-4H3;8H,6-7H2,1-5H3/q7*+1. The second-order valence-corrected chi connectivity index (χ2v) is 33.2. The van der Waals surface area contributed by atoms with Crippen molar-refractivity contribution >= 4 is 41.8 Å². The van der Waals surface area contributed by atoms with Gasteiger partial charge in [0.2, 0.25) is 0 Å². The fourth-order valence-corrected chi connectivity index (χ4v) is 12.4. The van der Waals surface area contributed by atoms with Crippen LogP contribution in [-0.2, 0) is 66.7 Å². The molecule has 0 amide bonds. The molecule has 0 aromatic carbocycles. The molecule has 0 heterocycles. The van der Waals surface area contributed by atoms with Crippen LogP contribution in [0, 0.1) is 11.8 Å². The molecule has 0 bridgehead atoms. The number of likely N-dealkylation sites (N-methyl/N-ethyl adjacent to an activating group) is 7. The lowest BCUT2D eigenvalue weighted by molar-refractivity contribution is -0.927. The molecule has 0 spiro atoms. The number of nitrogens with zero attached hydrogens (tertiary/aromatic N) is 7. The van der Waals surface area contributed by atoms with Gasteiger partial charge in [0.25, 0.3) is 0 Å². The van der Waals surface area contributed by atoms with E-state index in [0.29, 0.717) is 78.4 Å². The summed E-state index contributed by atoms with van der Waals surface area (Å²) in [5, 5.41) is 0. The lowest BCUT2D eigenvalue weighted by Crippen LogP contribution is -2.51. The fourth-order valence-electron chi connectivity index (χ4n) is 12.4.